The van der Waals surface area contributed by atoms with Crippen molar-refractivity contribution in [3.05, 3.63) is 63.7 Å². The molecular weight excluding hydrogens is 326 g/mol. The quantitative estimate of drug-likeness (QED) is 0.421. The van der Waals surface area contributed by atoms with Crippen LogP contribution in [0.1, 0.15) is 28.8 Å². The van der Waals surface area contributed by atoms with E-state index in [0.717, 1.165) is 17.4 Å². The number of hydrogen-bond acceptors (Lipinski definition) is 5. The number of carboxylic acids is 1. The van der Waals surface area contributed by atoms with Gasteiger partial charge in [0.05, 0.1) is 23.7 Å². The Morgan fingerprint density at radius 2 is 1.84 bits per heavy atom. The second kappa shape index (κ2) is 8.68. The predicted octanol–water partition coefficient (Wildman–Crippen LogP) is 3.84. The van der Waals surface area contributed by atoms with Gasteiger partial charge in [-0.25, -0.2) is 4.79 Å². The van der Waals surface area contributed by atoms with Gasteiger partial charge in [-0.15, -0.1) is 0 Å². The van der Waals surface area contributed by atoms with Crippen LogP contribution in [-0.4, -0.2) is 29.2 Å². The molecule has 0 atom stereocenters. The molecule has 0 saturated carbocycles. The number of carbonyl (C=O) groups is 1. The van der Waals surface area contributed by atoms with E-state index in [1.165, 1.54) is 12.1 Å². The first-order valence-electron chi connectivity index (χ1n) is 7.81. The lowest BCUT2D eigenvalue weighted by atomic mass is 10.2. The number of aryl methyl sites for hydroxylation is 1. The molecule has 0 spiro atoms. The highest BCUT2D eigenvalue weighted by molar-refractivity contribution is 5.88. The number of nitro groups is 1. The fourth-order valence-electron chi connectivity index (χ4n) is 2.19. The Morgan fingerprint density at radius 3 is 2.48 bits per heavy atom. The normalized spacial score (nSPS) is 10.3. The second-order valence-corrected chi connectivity index (χ2v) is 5.47. The van der Waals surface area contributed by atoms with Crippen LogP contribution in [0.2, 0.25) is 0 Å². The van der Waals surface area contributed by atoms with Crippen LogP contribution in [0.4, 0.5) is 5.69 Å². The van der Waals surface area contributed by atoms with Gasteiger partial charge in [0, 0.05) is 12.1 Å². The Balaban J connectivity index is 1.81. The Bertz CT molecular complexity index is 759. The molecule has 2 aromatic rings. The van der Waals surface area contributed by atoms with Gasteiger partial charge >= 0.3 is 11.7 Å². The SMILES string of the molecule is Cc1cccc(OCCCCOc2cc(C(=O)O)ccc2[N+](=O)[O-])c1. The Kier molecular flexibility index (Phi) is 6.33. The monoisotopic (exact) mass is 345 g/mol. The van der Waals surface area contributed by atoms with Crippen molar-refractivity contribution in [1.29, 1.82) is 0 Å². The first-order chi connectivity index (χ1) is 12.0. The van der Waals surface area contributed by atoms with E-state index < -0.39 is 10.9 Å². The molecule has 7 heteroatoms. The number of aromatic carboxylic acids is 1. The summed E-state index contributed by atoms with van der Waals surface area (Å²) >= 11 is 0. The van der Waals surface area contributed by atoms with Crippen molar-refractivity contribution in [2.75, 3.05) is 13.2 Å². The number of hydrogen-bond donors (Lipinski definition) is 1. The molecule has 7 nitrogen and oxygen atoms in total. The molecule has 0 amide bonds. The van der Waals surface area contributed by atoms with Crippen LogP contribution in [0.5, 0.6) is 11.5 Å². The van der Waals surface area contributed by atoms with E-state index in [4.69, 9.17) is 14.6 Å². The maximum absolute atomic E-state index is 11.0. The molecule has 2 aromatic carbocycles. The van der Waals surface area contributed by atoms with Gasteiger partial charge < -0.3 is 14.6 Å². The van der Waals surface area contributed by atoms with E-state index in [1.807, 2.05) is 31.2 Å². The van der Waals surface area contributed by atoms with Crippen molar-refractivity contribution in [1.82, 2.24) is 0 Å². The number of nitro benzene ring substituents is 1. The van der Waals surface area contributed by atoms with Gasteiger partial charge in [0.25, 0.3) is 0 Å². The lowest BCUT2D eigenvalue weighted by Crippen LogP contribution is -2.05. The van der Waals surface area contributed by atoms with Crippen LogP contribution < -0.4 is 9.47 Å². The molecule has 0 heterocycles. The summed E-state index contributed by atoms with van der Waals surface area (Å²) < 4.78 is 11.0. The molecule has 0 aliphatic heterocycles. The minimum Gasteiger partial charge on any atom is -0.494 e. The molecule has 0 aliphatic carbocycles. The molecule has 0 fully saturated rings. The van der Waals surface area contributed by atoms with Crippen molar-refractivity contribution in [2.24, 2.45) is 0 Å². The summed E-state index contributed by atoms with van der Waals surface area (Å²) in [5, 5.41) is 19.9. The Labute approximate surface area is 145 Å². The fourth-order valence-corrected chi connectivity index (χ4v) is 2.19. The molecule has 1 N–H and O–H groups in total. The van der Waals surface area contributed by atoms with Gasteiger partial charge in [-0.05, 0) is 43.5 Å². The van der Waals surface area contributed by atoms with Gasteiger partial charge in [0.15, 0.2) is 5.75 Å². The number of nitrogens with zero attached hydrogens (tertiary/aromatic N) is 1. The maximum atomic E-state index is 11.0. The smallest absolute Gasteiger partial charge is 0.335 e. The molecule has 0 aromatic heterocycles. The lowest BCUT2D eigenvalue weighted by Gasteiger charge is -2.09. The zero-order chi connectivity index (χ0) is 18.2. The summed E-state index contributed by atoms with van der Waals surface area (Å²) in [6.07, 6.45) is 1.33. The van der Waals surface area contributed by atoms with E-state index in [1.54, 1.807) is 0 Å². The molecule has 25 heavy (non-hydrogen) atoms. The Morgan fingerprint density at radius 1 is 1.12 bits per heavy atom. The lowest BCUT2D eigenvalue weighted by molar-refractivity contribution is -0.385. The first kappa shape index (κ1) is 18.3. The van der Waals surface area contributed by atoms with E-state index in [0.29, 0.717) is 19.4 Å². The van der Waals surface area contributed by atoms with Crippen LogP contribution in [0, 0.1) is 17.0 Å². The minimum absolute atomic E-state index is 0.0375. The van der Waals surface area contributed by atoms with Crippen molar-refractivity contribution in [3.63, 3.8) is 0 Å². The number of unbranched alkanes of at least 4 members (excludes halogenated alkanes) is 1. The van der Waals surface area contributed by atoms with Gasteiger partial charge in [-0.3, -0.25) is 10.1 Å². The molecule has 0 saturated heterocycles. The van der Waals surface area contributed by atoms with Crippen LogP contribution in [0.3, 0.4) is 0 Å². The second-order valence-electron chi connectivity index (χ2n) is 5.47. The average molecular weight is 345 g/mol. The third kappa shape index (κ3) is 5.49. The van der Waals surface area contributed by atoms with E-state index in [-0.39, 0.29) is 23.6 Å². The van der Waals surface area contributed by atoms with Crippen LogP contribution in [0.15, 0.2) is 42.5 Å². The van der Waals surface area contributed by atoms with Gasteiger partial charge in [0.1, 0.15) is 5.75 Å². The Hall–Kier alpha value is -3.09. The van der Waals surface area contributed by atoms with Crippen molar-refractivity contribution in [2.45, 2.75) is 19.8 Å². The molecular formula is C18H19NO6. The average Bonchev–Trinajstić information content (AvgIpc) is 2.57. The van der Waals surface area contributed by atoms with Crippen molar-refractivity contribution >= 4 is 11.7 Å². The largest absolute Gasteiger partial charge is 0.494 e. The molecule has 0 aliphatic rings. The highest BCUT2D eigenvalue weighted by atomic mass is 16.6. The fraction of sp³-hybridized carbons (Fsp3) is 0.278. The molecule has 0 unspecified atom stereocenters. The summed E-state index contributed by atoms with van der Waals surface area (Å²) in [5.74, 6) is -0.401. The topological polar surface area (TPSA) is 98.9 Å². The molecule has 0 radical (unpaired) electrons. The summed E-state index contributed by atoms with van der Waals surface area (Å²) in [5.41, 5.74) is 0.816. The summed E-state index contributed by atoms with van der Waals surface area (Å²) in [6.45, 7) is 2.73. The highest BCUT2D eigenvalue weighted by Gasteiger charge is 2.17. The zero-order valence-corrected chi connectivity index (χ0v) is 13.8. The van der Waals surface area contributed by atoms with Gasteiger partial charge in [0.2, 0.25) is 0 Å². The molecule has 2 rings (SSSR count). The van der Waals surface area contributed by atoms with Crippen LogP contribution in [0.25, 0.3) is 0 Å². The summed E-state index contributed by atoms with van der Waals surface area (Å²) in [6, 6.07) is 11.2. The predicted molar refractivity (Wildman–Crippen MR) is 91.5 cm³/mol. The zero-order valence-electron chi connectivity index (χ0n) is 13.8. The van der Waals surface area contributed by atoms with E-state index in [2.05, 4.69) is 0 Å². The van der Waals surface area contributed by atoms with E-state index >= 15 is 0 Å². The summed E-state index contributed by atoms with van der Waals surface area (Å²) in [4.78, 5) is 21.4. The van der Waals surface area contributed by atoms with Crippen molar-refractivity contribution < 1.29 is 24.3 Å². The van der Waals surface area contributed by atoms with Crippen molar-refractivity contribution in [3.8, 4) is 11.5 Å². The third-order valence-corrected chi connectivity index (χ3v) is 3.46. The standard InChI is InChI=1S/C18H19NO6/c1-13-5-4-6-15(11-13)24-9-2-3-10-25-17-12-14(18(20)21)7-8-16(17)19(22)23/h4-8,11-12H,2-3,9-10H2,1H3,(H,20,21). The number of rotatable bonds is 9. The summed E-state index contributed by atoms with van der Waals surface area (Å²) in [7, 11) is 0. The van der Waals surface area contributed by atoms with Crippen LogP contribution >= 0.6 is 0 Å². The third-order valence-electron chi connectivity index (χ3n) is 3.46. The highest BCUT2D eigenvalue weighted by Crippen LogP contribution is 2.28. The number of carboxylic acid groups (broad SMARTS) is 1. The molecule has 0 bridgehead atoms. The minimum atomic E-state index is -1.16. The van der Waals surface area contributed by atoms with Gasteiger partial charge in [-0.1, -0.05) is 12.1 Å². The van der Waals surface area contributed by atoms with Gasteiger partial charge in [-0.2, -0.15) is 0 Å². The van der Waals surface area contributed by atoms with E-state index in [9.17, 15) is 14.9 Å². The number of ether oxygens (including phenoxy) is 2. The molecule has 132 valence electrons. The maximum Gasteiger partial charge on any atom is 0.335 e. The first-order valence-corrected chi connectivity index (χ1v) is 7.81. The number of benzene rings is 2. The van der Waals surface area contributed by atoms with Crippen LogP contribution in [-0.2, 0) is 0 Å².